The Morgan fingerprint density at radius 1 is 1.11 bits per heavy atom. The number of aliphatic hydroxyl groups excluding tert-OH is 1. The molecule has 0 aliphatic rings. The van der Waals surface area contributed by atoms with Crippen molar-refractivity contribution in [2.75, 3.05) is 0 Å². The summed E-state index contributed by atoms with van der Waals surface area (Å²) in [6.07, 6.45) is 0. The lowest BCUT2D eigenvalue weighted by Gasteiger charge is -2.01. The SMILES string of the molecule is OCc1cccc(SCc2nc3ccccc3s2)c1. The van der Waals surface area contributed by atoms with Gasteiger partial charge in [0, 0.05) is 4.90 Å². The van der Waals surface area contributed by atoms with Crippen molar-refractivity contribution < 1.29 is 5.11 Å². The zero-order valence-corrected chi connectivity index (χ0v) is 11.9. The molecule has 0 radical (unpaired) electrons. The molecule has 4 heteroatoms. The summed E-state index contributed by atoms with van der Waals surface area (Å²) >= 11 is 3.50. The molecule has 3 aromatic rings. The average molecular weight is 287 g/mol. The van der Waals surface area contributed by atoms with Gasteiger partial charge in [0.15, 0.2) is 0 Å². The van der Waals surface area contributed by atoms with E-state index in [1.54, 1.807) is 23.1 Å². The fourth-order valence-corrected chi connectivity index (χ4v) is 3.80. The van der Waals surface area contributed by atoms with Crippen LogP contribution >= 0.6 is 23.1 Å². The van der Waals surface area contributed by atoms with Crippen molar-refractivity contribution in [3.8, 4) is 0 Å². The molecule has 96 valence electrons. The molecule has 0 fully saturated rings. The number of thiazole rings is 1. The van der Waals surface area contributed by atoms with Crippen LogP contribution in [-0.2, 0) is 12.4 Å². The molecule has 2 aromatic carbocycles. The van der Waals surface area contributed by atoms with E-state index in [4.69, 9.17) is 5.11 Å². The van der Waals surface area contributed by atoms with Gasteiger partial charge in [-0.15, -0.1) is 23.1 Å². The molecule has 0 bridgehead atoms. The van der Waals surface area contributed by atoms with Gasteiger partial charge in [-0.3, -0.25) is 0 Å². The number of hydrogen-bond donors (Lipinski definition) is 1. The van der Waals surface area contributed by atoms with E-state index >= 15 is 0 Å². The second-order valence-corrected chi connectivity index (χ2v) is 6.33. The Hall–Kier alpha value is -1.36. The van der Waals surface area contributed by atoms with Gasteiger partial charge in [0.25, 0.3) is 0 Å². The maximum absolute atomic E-state index is 9.12. The minimum Gasteiger partial charge on any atom is -0.392 e. The standard InChI is InChI=1S/C15H13NOS2/c17-9-11-4-3-5-12(8-11)18-10-15-16-13-6-1-2-7-14(13)19-15/h1-8,17H,9-10H2. The van der Waals surface area contributed by atoms with Gasteiger partial charge in [0.05, 0.1) is 22.6 Å². The number of thioether (sulfide) groups is 1. The van der Waals surface area contributed by atoms with Crippen molar-refractivity contribution in [2.24, 2.45) is 0 Å². The Morgan fingerprint density at radius 3 is 2.84 bits per heavy atom. The molecular weight excluding hydrogens is 274 g/mol. The normalized spacial score (nSPS) is 11.0. The summed E-state index contributed by atoms with van der Waals surface area (Å²) in [5, 5.41) is 10.3. The van der Waals surface area contributed by atoms with E-state index in [2.05, 4.69) is 17.1 Å². The first-order valence-corrected chi connectivity index (χ1v) is 7.82. The van der Waals surface area contributed by atoms with Crippen molar-refractivity contribution in [3.05, 3.63) is 59.1 Å². The Labute approximate surface area is 120 Å². The lowest BCUT2D eigenvalue weighted by atomic mass is 10.2. The molecule has 2 nitrogen and oxygen atoms in total. The van der Waals surface area contributed by atoms with Gasteiger partial charge in [-0.2, -0.15) is 0 Å². The molecule has 1 aromatic heterocycles. The Balaban J connectivity index is 1.74. The maximum Gasteiger partial charge on any atom is 0.104 e. The summed E-state index contributed by atoms with van der Waals surface area (Å²) in [6.45, 7) is 0.0928. The van der Waals surface area contributed by atoms with E-state index in [1.165, 1.54) is 9.60 Å². The summed E-state index contributed by atoms with van der Waals surface area (Å²) in [5.41, 5.74) is 2.03. The summed E-state index contributed by atoms with van der Waals surface area (Å²) in [4.78, 5) is 5.79. The lowest BCUT2D eigenvalue weighted by Crippen LogP contribution is -1.83. The monoisotopic (exact) mass is 287 g/mol. The van der Waals surface area contributed by atoms with Gasteiger partial charge >= 0.3 is 0 Å². The highest BCUT2D eigenvalue weighted by Gasteiger charge is 2.04. The summed E-state index contributed by atoms with van der Waals surface area (Å²) in [6, 6.07) is 16.2. The molecular formula is C15H13NOS2. The summed E-state index contributed by atoms with van der Waals surface area (Å²) < 4.78 is 1.24. The Bertz CT molecular complexity index is 660. The van der Waals surface area contributed by atoms with Crippen molar-refractivity contribution in [1.82, 2.24) is 4.98 Å². The first kappa shape index (κ1) is 12.7. The first-order valence-electron chi connectivity index (χ1n) is 6.02. The van der Waals surface area contributed by atoms with Crippen LogP contribution in [0.4, 0.5) is 0 Å². The minimum atomic E-state index is 0.0928. The molecule has 0 amide bonds. The number of aliphatic hydroxyl groups is 1. The number of fused-ring (bicyclic) bond motifs is 1. The van der Waals surface area contributed by atoms with Gasteiger partial charge in [-0.05, 0) is 29.8 Å². The molecule has 0 aliphatic heterocycles. The molecule has 0 spiro atoms. The zero-order valence-electron chi connectivity index (χ0n) is 10.2. The first-order chi connectivity index (χ1) is 9.35. The highest BCUT2D eigenvalue weighted by atomic mass is 32.2. The van der Waals surface area contributed by atoms with Gasteiger partial charge in [0.2, 0.25) is 0 Å². The van der Waals surface area contributed by atoms with Crippen molar-refractivity contribution in [3.63, 3.8) is 0 Å². The lowest BCUT2D eigenvalue weighted by molar-refractivity contribution is 0.281. The topological polar surface area (TPSA) is 33.1 Å². The summed E-state index contributed by atoms with van der Waals surface area (Å²) in [5.74, 6) is 0.869. The number of benzene rings is 2. The predicted molar refractivity (Wildman–Crippen MR) is 81.5 cm³/mol. The van der Waals surface area contributed by atoms with Crippen LogP contribution in [0, 0.1) is 0 Å². The molecule has 0 saturated heterocycles. The third-order valence-electron chi connectivity index (χ3n) is 2.78. The second-order valence-electron chi connectivity index (χ2n) is 4.17. The predicted octanol–water partition coefficient (Wildman–Crippen LogP) is 4.08. The number of hydrogen-bond acceptors (Lipinski definition) is 4. The van der Waals surface area contributed by atoms with Crippen molar-refractivity contribution >= 4 is 33.3 Å². The van der Waals surface area contributed by atoms with Gasteiger partial charge in [-0.25, -0.2) is 4.98 Å². The van der Waals surface area contributed by atoms with Crippen molar-refractivity contribution in [2.45, 2.75) is 17.3 Å². The van der Waals surface area contributed by atoms with E-state index < -0.39 is 0 Å². The molecule has 1 heterocycles. The van der Waals surface area contributed by atoms with Crippen LogP contribution in [0.25, 0.3) is 10.2 Å². The number of para-hydroxylation sites is 1. The Kier molecular flexibility index (Phi) is 3.82. The van der Waals surface area contributed by atoms with Crippen LogP contribution in [0.3, 0.4) is 0 Å². The highest BCUT2D eigenvalue weighted by molar-refractivity contribution is 7.98. The molecule has 3 rings (SSSR count). The maximum atomic E-state index is 9.12. The molecule has 0 atom stereocenters. The zero-order chi connectivity index (χ0) is 13.1. The van der Waals surface area contributed by atoms with Gasteiger partial charge in [0.1, 0.15) is 5.01 Å². The summed E-state index contributed by atoms with van der Waals surface area (Å²) in [7, 11) is 0. The van der Waals surface area contributed by atoms with Gasteiger partial charge in [-0.1, -0.05) is 24.3 Å². The fraction of sp³-hybridized carbons (Fsp3) is 0.133. The molecule has 0 aliphatic carbocycles. The third-order valence-corrected chi connectivity index (χ3v) is 5.01. The van der Waals surface area contributed by atoms with Gasteiger partial charge < -0.3 is 5.11 Å². The van der Waals surface area contributed by atoms with E-state index in [9.17, 15) is 0 Å². The molecule has 19 heavy (non-hydrogen) atoms. The minimum absolute atomic E-state index is 0.0928. The van der Waals surface area contributed by atoms with E-state index in [0.29, 0.717) is 0 Å². The van der Waals surface area contributed by atoms with E-state index in [0.717, 1.165) is 21.8 Å². The number of rotatable bonds is 4. The second kappa shape index (κ2) is 5.74. The van der Waals surface area contributed by atoms with E-state index in [1.807, 2.05) is 36.4 Å². The van der Waals surface area contributed by atoms with Crippen LogP contribution < -0.4 is 0 Å². The van der Waals surface area contributed by atoms with Crippen LogP contribution in [-0.4, -0.2) is 10.1 Å². The molecule has 0 saturated carbocycles. The largest absolute Gasteiger partial charge is 0.392 e. The average Bonchev–Trinajstić information content (AvgIpc) is 2.88. The smallest absolute Gasteiger partial charge is 0.104 e. The van der Waals surface area contributed by atoms with Crippen molar-refractivity contribution in [1.29, 1.82) is 0 Å². The Morgan fingerprint density at radius 2 is 2.00 bits per heavy atom. The van der Waals surface area contributed by atoms with Crippen LogP contribution in [0.5, 0.6) is 0 Å². The van der Waals surface area contributed by atoms with Crippen LogP contribution in [0.1, 0.15) is 10.6 Å². The van der Waals surface area contributed by atoms with E-state index in [-0.39, 0.29) is 6.61 Å². The molecule has 1 N–H and O–H groups in total. The van der Waals surface area contributed by atoms with Crippen LogP contribution in [0.2, 0.25) is 0 Å². The fourth-order valence-electron chi connectivity index (χ4n) is 1.86. The third kappa shape index (κ3) is 2.97. The molecule has 0 unspecified atom stereocenters. The highest BCUT2D eigenvalue weighted by Crippen LogP contribution is 2.28. The van der Waals surface area contributed by atoms with Crippen LogP contribution in [0.15, 0.2) is 53.4 Å². The number of nitrogens with zero attached hydrogens (tertiary/aromatic N) is 1. The quantitative estimate of drug-likeness (QED) is 0.734. The number of aromatic nitrogens is 1.